The summed E-state index contributed by atoms with van der Waals surface area (Å²) in [6.45, 7) is 3.32. The Balaban J connectivity index is 1.55. The number of hydrogen-bond donors (Lipinski definition) is 2. The number of anilines is 1. The van der Waals surface area contributed by atoms with Crippen LogP contribution in [0.4, 0.5) is 10.1 Å². The number of benzene rings is 1. The molecule has 0 bridgehead atoms. The summed E-state index contributed by atoms with van der Waals surface area (Å²) in [5.74, 6) is 0.570. The molecule has 1 aliphatic heterocycles. The number of guanidine groups is 1. The zero-order valence-corrected chi connectivity index (χ0v) is 14.1. The fraction of sp³-hybridized carbons (Fsp3) is 0.500. The van der Waals surface area contributed by atoms with E-state index in [1.54, 1.807) is 13.1 Å². The molecule has 2 aliphatic rings. The monoisotopic (exact) mass is 332 g/mol. The molecule has 0 aromatic heterocycles. The number of halogens is 1. The number of nitrogens with zero attached hydrogens (tertiary/aromatic N) is 2. The van der Waals surface area contributed by atoms with Crippen molar-refractivity contribution in [1.82, 2.24) is 10.6 Å². The van der Waals surface area contributed by atoms with E-state index in [1.165, 1.54) is 0 Å². The molecule has 1 aliphatic carbocycles. The highest BCUT2D eigenvalue weighted by Crippen LogP contribution is 2.21. The standard InChI is InChI=1S/C18H25FN4O/c1-20-18(22-15-4-2-3-5-15)21-13-14-6-7-17(16(19)12-14)23-8-10-24-11-9-23/h2-3,6-7,12,15H,4-5,8-11,13H2,1H3,(H2,20,21,22). The van der Waals surface area contributed by atoms with Gasteiger partial charge in [0.2, 0.25) is 0 Å². The van der Waals surface area contributed by atoms with E-state index in [0.29, 0.717) is 31.5 Å². The van der Waals surface area contributed by atoms with Gasteiger partial charge in [0.15, 0.2) is 5.96 Å². The minimum absolute atomic E-state index is 0.181. The van der Waals surface area contributed by atoms with Gasteiger partial charge in [0.1, 0.15) is 5.82 Å². The number of rotatable bonds is 4. The van der Waals surface area contributed by atoms with E-state index in [-0.39, 0.29) is 5.82 Å². The molecule has 0 radical (unpaired) electrons. The minimum atomic E-state index is -0.181. The summed E-state index contributed by atoms with van der Waals surface area (Å²) in [5.41, 5.74) is 1.55. The molecule has 1 aromatic rings. The predicted octanol–water partition coefficient (Wildman–Crippen LogP) is 2.05. The van der Waals surface area contributed by atoms with Gasteiger partial charge in [-0.1, -0.05) is 18.2 Å². The van der Waals surface area contributed by atoms with Crippen molar-refractivity contribution in [3.05, 3.63) is 41.7 Å². The quantitative estimate of drug-likeness (QED) is 0.503. The van der Waals surface area contributed by atoms with Crippen LogP contribution in [0.15, 0.2) is 35.3 Å². The predicted molar refractivity (Wildman–Crippen MR) is 94.9 cm³/mol. The number of aliphatic imine (C=N–C) groups is 1. The molecule has 5 nitrogen and oxygen atoms in total. The SMILES string of the molecule is CN=C(NCc1ccc(N2CCOCC2)c(F)c1)NC1CC=CC1. The van der Waals surface area contributed by atoms with Gasteiger partial charge in [-0.25, -0.2) is 4.39 Å². The normalized spacial score (nSPS) is 18.9. The molecule has 130 valence electrons. The molecule has 1 saturated heterocycles. The lowest BCUT2D eigenvalue weighted by molar-refractivity contribution is 0.122. The third kappa shape index (κ3) is 4.26. The molecule has 2 N–H and O–H groups in total. The van der Waals surface area contributed by atoms with Crippen LogP contribution in [-0.4, -0.2) is 45.4 Å². The van der Waals surface area contributed by atoms with Crippen LogP contribution in [0.25, 0.3) is 0 Å². The Morgan fingerprint density at radius 1 is 1.29 bits per heavy atom. The van der Waals surface area contributed by atoms with Gasteiger partial charge in [-0.2, -0.15) is 0 Å². The van der Waals surface area contributed by atoms with Gasteiger partial charge in [0.25, 0.3) is 0 Å². The van der Waals surface area contributed by atoms with Gasteiger partial charge in [-0.15, -0.1) is 0 Å². The second-order valence-corrected chi connectivity index (χ2v) is 6.10. The van der Waals surface area contributed by atoms with Crippen molar-refractivity contribution in [1.29, 1.82) is 0 Å². The minimum Gasteiger partial charge on any atom is -0.378 e. The topological polar surface area (TPSA) is 48.9 Å². The average Bonchev–Trinajstić information content (AvgIpc) is 3.12. The smallest absolute Gasteiger partial charge is 0.191 e. The van der Waals surface area contributed by atoms with E-state index in [4.69, 9.17) is 4.74 Å². The Morgan fingerprint density at radius 3 is 2.71 bits per heavy atom. The number of ether oxygens (including phenoxy) is 1. The van der Waals surface area contributed by atoms with Crippen LogP contribution in [0.5, 0.6) is 0 Å². The van der Waals surface area contributed by atoms with Crippen molar-refractivity contribution in [2.45, 2.75) is 25.4 Å². The van der Waals surface area contributed by atoms with Crippen LogP contribution < -0.4 is 15.5 Å². The van der Waals surface area contributed by atoms with E-state index >= 15 is 0 Å². The van der Waals surface area contributed by atoms with E-state index in [2.05, 4.69) is 27.8 Å². The van der Waals surface area contributed by atoms with Crippen molar-refractivity contribution in [3.8, 4) is 0 Å². The maximum absolute atomic E-state index is 14.4. The van der Waals surface area contributed by atoms with Crippen LogP contribution in [0.2, 0.25) is 0 Å². The Kier molecular flexibility index (Phi) is 5.69. The van der Waals surface area contributed by atoms with E-state index in [1.807, 2.05) is 17.0 Å². The number of morpholine rings is 1. The van der Waals surface area contributed by atoms with E-state index in [9.17, 15) is 4.39 Å². The van der Waals surface area contributed by atoms with Gasteiger partial charge >= 0.3 is 0 Å². The van der Waals surface area contributed by atoms with Crippen LogP contribution in [0.1, 0.15) is 18.4 Å². The van der Waals surface area contributed by atoms with Crippen molar-refractivity contribution in [3.63, 3.8) is 0 Å². The summed E-state index contributed by atoms with van der Waals surface area (Å²) >= 11 is 0. The summed E-state index contributed by atoms with van der Waals surface area (Å²) in [4.78, 5) is 6.26. The maximum atomic E-state index is 14.4. The summed E-state index contributed by atoms with van der Waals surface area (Å²) < 4.78 is 19.7. The largest absolute Gasteiger partial charge is 0.378 e. The first kappa shape index (κ1) is 16.8. The fourth-order valence-corrected chi connectivity index (χ4v) is 3.03. The van der Waals surface area contributed by atoms with E-state index < -0.39 is 0 Å². The van der Waals surface area contributed by atoms with Crippen LogP contribution in [0.3, 0.4) is 0 Å². The number of nitrogens with one attached hydrogen (secondary N) is 2. The Bertz CT molecular complexity index is 603. The third-order valence-corrected chi connectivity index (χ3v) is 4.40. The highest BCUT2D eigenvalue weighted by molar-refractivity contribution is 5.80. The average molecular weight is 332 g/mol. The molecule has 0 spiro atoms. The summed E-state index contributed by atoms with van der Waals surface area (Å²) in [6, 6.07) is 5.82. The van der Waals surface area contributed by atoms with Gasteiger partial charge in [0.05, 0.1) is 18.9 Å². The van der Waals surface area contributed by atoms with Crippen molar-refractivity contribution >= 4 is 11.6 Å². The first-order valence-corrected chi connectivity index (χ1v) is 8.49. The molecule has 1 aromatic carbocycles. The lowest BCUT2D eigenvalue weighted by atomic mass is 10.1. The van der Waals surface area contributed by atoms with Crippen LogP contribution >= 0.6 is 0 Å². The lowest BCUT2D eigenvalue weighted by Gasteiger charge is -2.29. The maximum Gasteiger partial charge on any atom is 0.191 e. The molecular weight excluding hydrogens is 307 g/mol. The summed E-state index contributed by atoms with van der Waals surface area (Å²) in [7, 11) is 1.75. The van der Waals surface area contributed by atoms with Crippen LogP contribution in [-0.2, 0) is 11.3 Å². The molecule has 0 saturated carbocycles. The van der Waals surface area contributed by atoms with Gasteiger partial charge < -0.3 is 20.3 Å². The molecule has 0 amide bonds. The first-order chi connectivity index (χ1) is 11.8. The second kappa shape index (κ2) is 8.15. The van der Waals surface area contributed by atoms with Crippen LogP contribution in [0, 0.1) is 5.82 Å². The van der Waals surface area contributed by atoms with Crippen molar-refractivity contribution in [2.24, 2.45) is 4.99 Å². The fourth-order valence-electron chi connectivity index (χ4n) is 3.03. The third-order valence-electron chi connectivity index (χ3n) is 4.40. The summed E-state index contributed by atoms with van der Waals surface area (Å²) in [5, 5.41) is 6.62. The van der Waals surface area contributed by atoms with Crippen molar-refractivity contribution < 1.29 is 9.13 Å². The van der Waals surface area contributed by atoms with Gasteiger partial charge in [0, 0.05) is 32.7 Å². The van der Waals surface area contributed by atoms with Gasteiger partial charge in [-0.05, 0) is 30.5 Å². The second-order valence-electron chi connectivity index (χ2n) is 6.10. The molecule has 1 fully saturated rings. The molecule has 1 heterocycles. The number of hydrogen-bond acceptors (Lipinski definition) is 3. The van der Waals surface area contributed by atoms with Gasteiger partial charge in [-0.3, -0.25) is 4.99 Å². The zero-order chi connectivity index (χ0) is 16.8. The highest BCUT2D eigenvalue weighted by atomic mass is 19.1. The molecular formula is C18H25FN4O. The molecule has 6 heteroatoms. The zero-order valence-electron chi connectivity index (χ0n) is 14.1. The Morgan fingerprint density at radius 2 is 2.04 bits per heavy atom. The molecule has 3 rings (SSSR count). The first-order valence-electron chi connectivity index (χ1n) is 8.49. The van der Waals surface area contributed by atoms with E-state index in [0.717, 1.165) is 37.5 Å². The molecule has 0 atom stereocenters. The highest BCUT2D eigenvalue weighted by Gasteiger charge is 2.15. The lowest BCUT2D eigenvalue weighted by Crippen LogP contribution is -2.42. The Hall–Kier alpha value is -2.08. The van der Waals surface area contributed by atoms with Crippen molar-refractivity contribution in [2.75, 3.05) is 38.3 Å². The molecule has 0 unspecified atom stereocenters. The molecule has 24 heavy (non-hydrogen) atoms. The Labute approximate surface area is 142 Å². The summed E-state index contributed by atoms with van der Waals surface area (Å²) in [6.07, 6.45) is 6.38.